The maximum atomic E-state index is 11.3. The van der Waals surface area contributed by atoms with Crippen LogP contribution in [0.5, 0.6) is 0 Å². The van der Waals surface area contributed by atoms with Crippen molar-refractivity contribution < 1.29 is 8.42 Å². The van der Waals surface area contributed by atoms with Crippen molar-refractivity contribution in [3.63, 3.8) is 0 Å². The molecule has 90 valence electrons. The summed E-state index contributed by atoms with van der Waals surface area (Å²) in [4.78, 5) is 7.42. The first kappa shape index (κ1) is 13.0. The number of hydrogen-bond acceptors (Lipinski definition) is 6. The Morgan fingerprint density at radius 3 is 2.31 bits per heavy atom. The monoisotopic (exact) mass is 264 g/mol. The van der Waals surface area contributed by atoms with Crippen molar-refractivity contribution >= 4 is 33.2 Å². The zero-order chi connectivity index (χ0) is 12.5. The van der Waals surface area contributed by atoms with Gasteiger partial charge in [0.2, 0.25) is 5.95 Å². The van der Waals surface area contributed by atoms with Crippen molar-refractivity contribution in [3.8, 4) is 0 Å². The molecule has 0 aliphatic carbocycles. The van der Waals surface area contributed by atoms with Gasteiger partial charge in [0.15, 0.2) is 15.0 Å². The SMILES string of the molecule is CC(C)Nc1nc(N)c(S(C)(=O)=O)c(Cl)n1. The van der Waals surface area contributed by atoms with E-state index in [4.69, 9.17) is 17.3 Å². The number of sulfone groups is 1. The molecule has 1 heterocycles. The first-order chi connectivity index (χ1) is 7.21. The summed E-state index contributed by atoms with van der Waals surface area (Å²) >= 11 is 5.75. The van der Waals surface area contributed by atoms with E-state index in [2.05, 4.69) is 15.3 Å². The van der Waals surface area contributed by atoms with Crippen LogP contribution >= 0.6 is 11.6 Å². The van der Waals surface area contributed by atoms with Gasteiger partial charge in [-0.05, 0) is 13.8 Å². The number of nitrogens with zero attached hydrogens (tertiary/aromatic N) is 2. The van der Waals surface area contributed by atoms with Gasteiger partial charge in [0.25, 0.3) is 0 Å². The van der Waals surface area contributed by atoms with Gasteiger partial charge < -0.3 is 11.1 Å². The molecule has 0 spiro atoms. The van der Waals surface area contributed by atoms with E-state index in [1.807, 2.05) is 13.8 Å². The van der Waals surface area contributed by atoms with Crippen LogP contribution < -0.4 is 11.1 Å². The van der Waals surface area contributed by atoms with E-state index in [1.54, 1.807) is 0 Å². The zero-order valence-corrected chi connectivity index (χ0v) is 10.7. The van der Waals surface area contributed by atoms with Crippen molar-refractivity contribution in [1.29, 1.82) is 0 Å². The van der Waals surface area contributed by atoms with E-state index in [0.29, 0.717) is 0 Å². The average molecular weight is 265 g/mol. The molecular weight excluding hydrogens is 252 g/mol. The van der Waals surface area contributed by atoms with E-state index in [1.165, 1.54) is 0 Å². The third-order valence-electron chi connectivity index (χ3n) is 1.64. The van der Waals surface area contributed by atoms with E-state index >= 15 is 0 Å². The molecule has 0 saturated heterocycles. The fourth-order valence-corrected chi connectivity index (χ4v) is 2.48. The predicted octanol–water partition coefficient (Wildman–Crippen LogP) is 0.936. The first-order valence-corrected chi connectivity index (χ1v) is 6.78. The molecule has 0 aromatic carbocycles. The van der Waals surface area contributed by atoms with E-state index in [9.17, 15) is 8.42 Å². The van der Waals surface area contributed by atoms with Gasteiger partial charge in [0.05, 0.1) is 0 Å². The Morgan fingerprint density at radius 1 is 1.38 bits per heavy atom. The van der Waals surface area contributed by atoms with Crippen LogP contribution in [0.3, 0.4) is 0 Å². The molecule has 16 heavy (non-hydrogen) atoms. The van der Waals surface area contributed by atoms with Crippen LogP contribution in [0.15, 0.2) is 4.90 Å². The summed E-state index contributed by atoms with van der Waals surface area (Å²) in [5.41, 5.74) is 5.53. The minimum atomic E-state index is -3.52. The maximum absolute atomic E-state index is 11.3. The van der Waals surface area contributed by atoms with Crippen LogP contribution in [-0.4, -0.2) is 30.7 Å². The molecule has 1 rings (SSSR count). The summed E-state index contributed by atoms with van der Waals surface area (Å²) in [7, 11) is -3.52. The molecule has 8 heteroatoms. The Morgan fingerprint density at radius 2 is 1.94 bits per heavy atom. The Bertz CT molecular complexity index is 478. The summed E-state index contributed by atoms with van der Waals surface area (Å²) in [6.45, 7) is 3.77. The lowest BCUT2D eigenvalue weighted by atomic mass is 10.4. The van der Waals surface area contributed by atoms with Gasteiger partial charge in [-0.1, -0.05) is 11.6 Å². The minimum absolute atomic E-state index is 0.0968. The molecule has 0 radical (unpaired) electrons. The average Bonchev–Trinajstić information content (AvgIpc) is 1.96. The van der Waals surface area contributed by atoms with E-state index < -0.39 is 9.84 Å². The Balaban J connectivity index is 3.29. The molecule has 0 atom stereocenters. The lowest BCUT2D eigenvalue weighted by Gasteiger charge is -2.11. The van der Waals surface area contributed by atoms with Gasteiger partial charge in [-0.3, -0.25) is 0 Å². The van der Waals surface area contributed by atoms with Crippen LogP contribution in [-0.2, 0) is 9.84 Å². The summed E-state index contributed by atoms with van der Waals surface area (Å²) in [6, 6.07) is 0.0968. The number of nitrogens with one attached hydrogen (secondary N) is 1. The minimum Gasteiger partial charge on any atom is -0.382 e. The van der Waals surface area contributed by atoms with Crippen molar-refractivity contribution in [1.82, 2.24) is 9.97 Å². The molecule has 0 unspecified atom stereocenters. The molecule has 1 aromatic rings. The highest BCUT2D eigenvalue weighted by Crippen LogP contribution is 2.25. The lowest BCUT2D eigenvalue weighted by Crippen LogP contribution is -2.15. The number of nitrogens with two attached hydrogens (primary N) is 1. The number of nitrogen functional groups attached to an aromatic ring is 1. The summed E-state index contributed by atoms with van der Waals surface area (Å²) < 4.78 is 22.7. The van der Waals surface area contributed by atoms with Gasteiger partial charge in [-0.15, -0.1) is 0 Å². The topological polar surface area (TPSA) is 98.0 Å². The first-order valence-electron chi connectivity index (χ1n) is 4.51. The van der Waals surface area contributed by atoms with Crippen molar-refractivity contribution in [2.24, 2.45) is 0 Å². The molecule has 0 fully saturated rings. The fourth-order valence-electron chi connectivity index (χ4n) is 1.10. The highest BCUT2D eigenvalue weighted by molar-refractivity contribution is 7.91. The number of anilines is 2. The van der Waals surface area contributed by atoms with Crippen molar-refractivity contribution in [2.45, 2.75) is 24.8 Å². The normalized spacial score (nSPS) is 11.8. The molecule has 0 saturated carbocycles. The number of halogens is 1. The molecule has 3 N–H and O–H groups in total. The molecular formula is C8H13ClN4O2S. The molecule has 1 aromatic heterocycles. The molecule has 0 aliphatic heterocycles. The lowest BCUT2D eigenvalue weighted by molar-refractivity contribution is 0.601. The number of aromatic nitrogens is 2. The summed E-state index contributed by atoms with van der Waals surface area (Å²) in [5.74, 6) is 0.0653. The second-order valence-corrected chi connectivity index (χ2v) is 5.93. The van der Waals surface area contributed by atoms with Crippen LogP contribution in [0, 0.1) is 0 Å². The van der Waals surface area contributed by atoms with Crippen LogP contribution in [0.4, 0.5) is 11.8 Å². The fraction of sp³-hybridized carbons (Fsp3) is 0.500. The largest absolute Gasteiger partial charge is 0.382 e. The predicted molar refractivity (Wildman–Crippen MR) is 63.3 cm³/mol. The van der Waals surface area contributed by atoms with Crippen molar-refractivity contribution in [2.75, 3.05) is 17.3 Å². The third kappa shape index (κ3) is 2.96. The molecule has 0 bridgehead atoms. The van der Waals surface area contributed by atoms with Crippen LogP contribution in [0.25, 0.3) is 0 Å². The smallest absolute Gasteiger partial charge is 0.226 e. The second-order valence-electron chi connectivity index (χ2n) is 3.62. The maximum Gasteiger partial charge on any atom is 0.226 e. The van der Waals surface area contributed by atoms with Gasteiger partial charge in [0, 0.05) is 12.3 Å². The summed E-state index contributed by atoms with van der Waals surface area (Å²) in [6.07, 6.45) is 1.00. The van der Waals surface area contributed by atoms with Gasteiger partial charge in [-0.2, -0.15) is 9.97 Å². The molecule has 0 aliphatic rings. The van der Waals surface area contributed by atoms with E-state index in [-0.39, 0.29) is 27.9 Å². The standard InChI is InChI=1S/C8H13ClN4O2S/c1-4(2)11-8-12-6(9)5(7(10)13-8)16(3,14)15/h4H,1-3H3,(H3,10,11,12,13). The highest BCUT2D eigenvalue weighted by atomic mass is 35.5. The second kappa shape index (κ2) is 4.42. The van der Waals surface area contributed by atoms with Gasteiger partial charge in [-0.25, -0.2) is 8.42 Å². The van der Waals surface area contributed by atoms with Crippen LogP contribution in [0.1, 0.15) is 13.8 Å². The van der Waals surface area contributed by atoms with Gasteiger partial charge >= 0.3 is 0 Å². The van der Waals surface area contributed by atoms with E-state index in [0.717, 1.165) is 6.26 Å². The molecule has 6 nitrogen and oxygen atoms in total. The Hall–Kier alpha value is -1.08. The Kier molecular flexibility index (Phi) is 3.59. The Labute approximate surface area is 99.1 Å². The zero-order valence-electron chi connectivity index (χ0n) is 9.15. The van der Waals surface area contributed by atoms with Crippen LogP contribution in [0.2, 0.25) is 5.15 Å². The quantitative estimate of drug-likeness (QED) is 0.789. The van der Waals surface area contributed by atoms with Gasteiger partial charge in [0.1, 0.15) is 10.7 Å². The summed E-state index contributed by atoms with van der Waals surface area (Å²) in [5, 5.41) is 2.72. The number of hydrogen-bond donors (Lipinski definition) is 2. The molecule has 0 amide bonds. The highest BCUT2D eigenvalue weighted by Gasteiger charge is 2.20. The van der Waals surface area contributed by atoms with Crippen molar-refractivity contribution in [3.05, 3.63) is 5.15 Å². The third-order valence-corrected chi connectivity index (χ3v) is 3.17. The number of rotatable bonds is 3.